The highest BCUT2D eigenvalue weighted by Crippen LogP contribution is 2.29. The van der Waals surface area contributed by atoms with Crippen molar-refractivity contribution in [3.05, 3.63) is 100 Å². The van der Waals surface area contributed by atoms with Crippen molar-refractivity contribution < 1.29 is 22.4 Å². The fourth-order valence-corrected chi connectivity index (χ4v) is 3.90. The van der Waals surface area contributed by atoms with Gasteiger partial charge in [0.25, 0.3) is 0 Å². The number of nitrogens with zero attached hydrogens (tertiary/aromatic N) is 1. The fraction of sp³-hybridized carbons (Fsp3) is 0.333. The molecule has 0 spiro atoms. The van der Waals surface area contributed by atoms with E-state index in [1.165, 1.54) is 18.3 Å². The van der Waals surface area contributed by atoms with Gasteiger partial charge in [0, 0.05) is 19.3 Å². The SMILES string of the molecule is CCc1ccc([C@H](N[C@@H](CCc2ccc(C(F)(F)F)nc2)c2ccc(F)c(C)c2)C(=O)NC)cc1. The molecule has 1 amide bonds. The van der Waals surface area contributed by atoms with Crippen LogP contribution < -0.4 is 10.6 Å². The number of carbonyl (C=O) groups is 1. The number of carbonyl (C=O) groups excluding carboxylic acids is 1. The van der Waals surface area contributed by atoms with Gasteiger partial charge in [-0.3, -0.25) is 15.1 Å². The molecule has 2 aromatic carbocycles. The molecule has 3 rings (SSSR count). The zero-order chi connectivity index (χ0) is 25.6. The van der Waals surface area contributed by atoms with E-state index in [1.54, 1.807) is 26.1 Å². The van der Waals surface area contributed by atoms with Crippen LogP contribution in [0.1, 0.15) is 58.9 Å². The third kappa shape index (κ3) is 6.88. The minimum atomic E-state index is -4.50. The quantitative estimate of drug-likeness (QED) is 0.372. The number of rotatable bonds is 9. The van der Waals surface area contributed by atoms with Gasteiger partial charge in [-0.2, -0.15) is 13.2 Å². The topological polar surface area (TPSA) is 54.0 Å². The van der Waals surface area contributed by atoms with Crippen LogP contribution in [0.4, 0.5) is 17.6 Å². The zero-order valence-electron chi connectivity index (χ0n) is 19.9. The number of aryl methyl sites for hydroxylation is 3. The Morgan fingerprint density at radius 3 is 2.20 bits per heavy atom. The summed E-state index contributed by atoms with van der Waals surface area (Å²) in [4.78, 5) is 16.3. The largest absolute Gasteiger partial charge is 0.433 e. The van der Waals surface area contributed by atoms with Gasteiger partial charge >= 0.3 is 6.18 Å². The van der Waals surface area contributed by atoms with Crippen LogP contribution in [0.5, 0.6) is 0 Å². The van der Waals surface area contributed by atoms with Crippen LogP contribution >= 0.6 is 0 Å². The molecule has 3 aromatic rings. The van der Waals surface area contributed by atoms with E-state index >= 15 is 0 Å². The summed E-state index contributed by atoms with van der Waals surface area (Å²) in [6, 6.07) is 13.8. The minimum Gasteiger partial charge on any atom is -0.358 e. The van der Waals surface area contributed by atoms with Gasteiger partial charge in [-0.1, -0.05) is 49.4 Å². The van der Waals surface area contributed by atoms with Gasteiger partial charge in [-0.25, -0.2) is 4.39 Å². The summed E-state index contributed by atoms with van der Waals surface area (Å²) in [5.74, 6) is -0.563. The second-order valence-corrected chi connectivity index (χ2v) is 8.46. The standard InChI is InChI=1S/C27H29F4N3O/c1-4-18-5-9-20(10-6-18)25(26(35)32-3)34-23(21-11-12-22(28)17(2)15-21)13-7-19-8-14-24(33-16-19)27(29,30)31/h5-6,8-12,14-16,23,25,34H,4,7,13H2,1-3H3,(H,32,35)/t23-,25-/m0/s1. The van der Waals surface area contributed by atoms with E-state index in [9.17, 15) is 22.4 Å². The van der Waals surface area contributed by atoms with Crippen LogP contribution in [0.15, 0.2) is 60.8 Å². The van der Waals surface area contributed by atoms with Crippen molar-refractivity contribution in [1.29, 1.82) is 0 Å². The lowest BCUT2D eigenvalue weighted by atomic mass is 9.95. The number of hydrogen-bond acceptors (Lipinski definition) is 3. The van der Waals surface area contributed by atoms with E-state index in [1.807, 2.05) is 31.2 Å². The normalized spacial score (nSPS) is 13.3. The average Bonchev–Trinajstić information content (AvgIpc) is 2.85. The maximum atomic E-state index is 13.9. The lowest BCUT2D eigenvalue weighted by molar-refractivity contribution is -0.141. The molecule has 0 radical (unpaired) electrons. The van der Waals surface area contributed by atoms with E-state index in [4.69, 9.17) is 0 Å². The Balaban J connectivity index is 1.89. The molecule has 1 heterocycles. The molecule has 0 saturated carbocycles. The van der Waals surface area contributed by atoms with E-state index < -0.39 is 17.9 Å². The number of aromatic nitrogens is 1. The Bertz CT molecular complexity index is 1130. The molecule has 35 heavy (non-hydrogen) atoms. The Hall–Kier alpha value is -3.26. The van der Waals surface area contributed by atoms with Gasteiger partial charge in [0.15, 0.2) is 0 Å². The van der Waals surface area contributed by atoms with Crippen molar-refractivity contribution in [3.8, 4) is 0 Å². The number of likely N-dealkylation sites (N-methyl/N-ethyl adjacent to an activating group) is 1. The van der Waals surface area contributed by atoms with Crippen molar-refractivity contribution in [1.82, 2.24) is 15.6 Å². The Kier molecular flexibility index (Phi) is 8.62. The van der Waals surface area contributed by atoms with Crippen molar-refractivity contribution >= 4 is 5.91 Å². The van der Waals surface area contributed by atoms with Crippen LogP contribution in [-0.2, 0) is 23.8 Å². The monoisotopic (exact) mass is 487 g/mol. The highest BCUT2D eigenvalue weighted by Gasteiger charge is 2.32. The highest BCUT2D eigenvalue weighted by atomic mass is 19.4. The molecular formula is C27H29F4N3O. The van der Waals surface area contributed by atoms with Gasteiger partial charge in [-0.05, 0) is 66.1 Å². The summed E-state index contributed by atoms with van der Waals surface area (Å²) in [5, 5.41) is 6.08. The molecule has 2 atom stereocenters. The summed E-state index contributed by atoms with van der Waals surface area (Å²) >= 11 is 0. The first-order chi connectivity index (χ1) is 16.6. The molecule has 0 bridgehead atoms. The number of nitrogens with one attached hydrogen (secondary N) is 2. The number of alkyl halides is 3. The van der Waals surface area contributed by atoms with Gasteiger partial charge in [0.05, 0.1) is 0 Å². The third-order valence-corrected chi connectivity index (χ3v) is 6.02. The van der Waals surface area contributed by atoms with Crippen LogP contribution in [0.2, 0.25) is 0 Å². The van der Waals surface area contributed by atoms with Crippen molar-refractivity contribution in [2.75, 3.05) is 7.05 Å². The molecule has 0 aliphatic rings. The Morgan fingerprint density at radius 2 is 1.66 bits per heavy atom. The van der Waals surface area contributed by atoms with Gasteiger partial charge in [0.1, 0.15) is 17.6 Å². The number of amides is 1. The second kappa shape index (κ2) is 11.4. The Morgan fingerprint density at radius 1 is 1.00 bits per heavy atom. The Labute approximate surface area is 202 Å². The molecule has 0 fully saturated rings. The summed E-state index contributed by atoms with van der Waals surface area (Å²) in [6.07, 6.45) is -1.54. The number of benzene rings is 2. The lowest BCUT2D eigenvalue weighted by Gasteiger charge is -2.26. The van der Waals surface area contributed by atoms with Gasteiger partial charge < -0.3 is 5.32 Å². The molecule has 8 heteroatoms. The minimum absolute atomic E-state index is 0.228. The predicted molar refractivity (Wildman–Crippen MR) is 127 cm³/mol. The van der Waals surface area contributed by atoms with Crippen molar-refractivity contribution in [3.63, 3.8) is 0 Å². The van der Waals surface area contributed by atoms with E-state index in [0.717, 1.165) is 29.2 Å². The third-order valence-electron chi connectivity index (χ3n) is 6.02. The van der Waals surface area contributed by atoms with Crippen LogP contribution in [0.3, 0.4) is 0 Å². The van der Waals surface area contributed by atoms with Crippen molar-refractivity contribution in [2.24, 2.45) is 0 Å². The highest BCUT2D eigenvalue weighted by molar-refractivity contribution is 5.83. The molecule has 0 saturated heterocycles. The van der Waals surface area contributed by atoms with Gasteiger partial charge in [0.2, 0.25) is 5.91 Å². The predicted octanol–water partition coefficient (Wildman–Crippen LogP) is 5.86. The van der Waals surface area contributed by atoms with Crippen LogP contribution in [0, 0.1) is 12.7 Å². The van der Waals surface area contributed by atoms with Crippen molar-refractivity contribution in [2.45, 2.75) is 51.4 Å². The molecule has 186 valence electrons. The maximum absolute atomic E-state index is 13.9. The summed E-state index contributed by atoms with van der Waals surface area (Å²) in [7, 11) is 1.56. The van der Waals surface area contributed by atoms with Crippen LogP contribution in [-0.4, -0.2) is 17.9 Å². The fourth-order valence-electron chi connectivity index (χ4n) is 3.90. The second-order valence-electron chi connectivity index (χ2n) is 8.46. The zero-order valence-corrected chi connectivity index (χ0v) is 19.9. The van der Waals surface area contributed by atoms with E-state index in [-0.39, 0.29) is 17.8 Å². The van der Waals surface area contributed by atoms with Crippen LogP contribution in [0.25, 0.3) is 0 Å². The summed E-state index contributed by atoms with van der Waals surface area (Å²) in [5.41, 5.74) is 2.86. The smallest absolute Gasteiger partial charge is 0.358 e. The number of pyridine rings is 1. The summed E-state index contributed by atoms with van der Waals surface area (Å²) in [6.45, 7) is 3.71. The molecule has 0 aliphatic heterocycles. The maximum Gasteiger partial charge on any atom is 0.433 e. The van der Waals surface area contributed by atoms with E-state index in [2.05, 4.69) is 15.6 Å². The molecule has 1 aromatic heterocycles. The molecule has 4 nitrogen and oxygen atoms in total. The van der Waals surface area contributed by atoms with E-state index in [0.29, 0.717) is 24.0 Å². The molecular weight excluding hydrogens is 458 g/mol. The molecule has 0 aliphatic carbocycles. The first kappa shape index (κ1) is 26.3. The number of halogens is 4. The molecule has 2 N–H and O–H groups in total. The number of hydrogen-bond donors (Lipinski definition) is 2. The van der Waals surface area contributed by atoms with Gasteiger partial charge in [-0.15, -0.1) is 0 Å². The first-order valence-electron chi connectivity index (χ1n) is 11.5. The lowest BCUT2D eigenvalue weighted by Crippen LogP contribution is -2.38. The average molecular weight is 488 g/mol. The summed E-state index contributed by atoms with van der Waals surface area (Å²) < 4.78 is 52.5. The molecule has 0 unspecified atom stereocenters. The first-order valence-corrected chi connectivity index (χ1v) is 11.5.